The summed E-state index contributed by atoms with van der Waals surface area (Å²) in [6.45, 7) is 7.51. The van der Waals surface area contributed by atoms with Gasteiger partial charge in [-0.1, -0.05) is 72.1 Å². The fourth-order valence-corrected chi connectivity index (χ4v) is 3.81. The zero-order chi connectivity index (χ0) is 19.9. The fourth-order valence-electron chi connectivity index (χ4n) is 3.81. The lowest BCUT2D eigenvalue weighted by Gasteiger charge is -2.28. The van der Waals surface area contributed by atoms with E-state index in [0.717, 1.165) is 51.4 Å². The van der Waals surface area contributed by atoms with Gasteiger partial charge in [0.1, 0.15) is 0 Å². The van der Waals surface area contributed by atoms with Crippen molar-refractivity contribution in [3.05, 3.63) is 0 Å². The molecule has 1 aliphatic rings. The van der Waals surface area contributed by atoms with E-state index in [4.69, 9.17) is 9.47 Å². The molecule has 27 heavy (non-hydrogen) atoms. The van der Waals surface area contributed by atoms with Crippen LogP contribution < -0.4 is 0 Å². The molecule has 0 bridgehead atoms. The molecular formula is C23H42O4. The van der Waals surface area contributed by atoms with E-state index >= 15 is 0 Å². The highest BCUT2D eigenvalue weighted by atomic mass is 16.5. The molecule has 4 heteroatoms. The van der Waals surface area contributed by atoms with Crippen molar-refractivity contribution in [1.82, 2.24) is 0 Å². The predicted octanol–water partition coefficient (Wildman–Crippen LogP) is 6.07. The summed E-state index contributed by atoms with van der Waals surface area (Å²) in [6, 6.07) is 0. The maximum absolute atomic E-state index is 12.5. The summed E-state index contributed by atoms with van der Waals surface area (Å²) in [6.07, 6.45) is 13.8. The third kappa shape index (κ3) is 10.8. The summed E-state index contributed by atoms with van der Waals surface area (Å²) < 4.78 is 11.0. The van der Waals surface area contributed by atoms with Crippen LogP contribution in [0, 0.1) is 17.8 Å². The van der Waals surface area contributed by atoms with Crippen LogP contribution in [0.2, 0.25) is 0 Å². The van der Waals surface area contributed by atoms with Gasteiger partial charge in [-0.3, -0.25) is 9.59 Å². The molecule has 2 atom stereocenters. The smallest absolute Gasteiger partial charge is 0.309 e. The van der Waals surface area contributed by atoms with Gasteiger partial charge in [0.2, 0.25) is 0 Å². The maximum atomic E-state index is 12.5. The molecule has 0 aliphatic heterocycles. The quantitative estimate of drug-likeness (QED) is 0.270. The zero-order valence-corrected chi connectivity index (χ0v) is 18.0. The molecule has 1 aliphatic carbocycles. The Morgan fingerprint density at radius 3 is 1.78 bits per heavy atom. The number of unbranched alkanes of at least 4 members (excludes halogenated alkanes) is 6. The van der Waals surface area contributed by atoms with E-state index in [2.05, 4.69) is 20.8 Å². The predicted molar refractivity (Wildman–Crippen MR) is 109 cm³/mol. The zero-order valence-electron chi connectivity index (χ0n) is 18.0. The first kappa shape index (κ1) is 24.0. The molecule has 1 saturated carbocycles. The lowest BCUT2D eigenvalue weighted by Crippen LogP contribution is -2.35. The minimum absolute atomic E-state index is 0.190. The first-order chi connectivity index (χ1) is 13.1. The molecule has 0 heterocycles. The van der Waals surface area contributed by atoms with E-state index in [1.165, 1.54) is 32.1 Å². The van der Waals surface area contributed by atoms with Crippen LogP contribution in [0.5, 0.6) is 0 Å². The molecule has 0 radical (unpaired) electrons. The van der Waals surface area contributed by atoms with E-state index in [1.54, 1.807) is 0 Å². The van der Waals surface area contributed by atoms with Crippen molar-refractivity contribution < 1.29 is 19.1 Å². The molecule has 0 spiro atoms. The number of carbonyl (C=O) groups excluding carboxylic acids is 2. The van der Waals surface area contributed by atoms with Gasteiger partial charge < -0.3 is 9.47 Å². The second kappa shape index (κ2) is 14.9. The van der Waals surface area contributed by atoms with Gasteiger partial charge in [-0.2, -0.15) is 0 Å². The molecular weight excluding hydrogens is 340 g/mol. The van der Waals surface area contributed by atoms with Crippen LogP contribution in [-0.2, 0) is 19.1 Å². The SMILES string of the molecule is CCCCCCCCCOC(=O)C1CCCCC1C(=O)OCCCC(C)C. The van der Waals surface area contributed by atoms with Crippen molar-refractivity contribution in [2.24, 2.45) is 17.8 Å². The van der Waals surface area contributed by atoms with E-state index in [1.807, 2.05) is 0 Å². The Bertz CT molecular complexity index is 405. The number of hydrogen-bond acceptors (Lipinski definition) is 4. The molecule has 0 N–H and O–H groups in total. The van der Waals surface area contributed by atoms with Crippen LogP contribution in [0.25, 0.3) is 0 Å². The molecule has 2 unspecified atom stereocenters. The normalized spacial score (nSPS) is 19.9. The molecule has 0 aromatic carbocycles. The molecule has 0 aromatic rings. The van der Waals surface area contributed by atoms with Crippen LogP contribution in [0.15, 0.2) is 0 Å². The number of esters is 2. The Morgan fingerprint density at radius 2 is 1.26 bits per heavy atom. The van der Waals surface area contributed by atoms with Crippen LogP contribution in [0.1, 0.15) is 104 Å². The van der Waals surface area contributed by atoms with Crippen molar-refractivity contribution in [1.29, 1.82) is 0 Å². The monoisotopic (exact) mass is 382 g/mol. The molecule has 158 valence electrons. The topological polar surface area (TPSA) is 52.6 Å². The van der Waals surface area contributed by atoms with Crippen molar-refractivity contribution >= 4 is 11.9 Å². The summed E-state index contributed by atoms with van der Waals surface area (Å²) in [5, 5.41) is 0. The maximum Gasteiger partial charge on any atom is 0.309 e. The van der Waals surface area contributed by atoms with E-state index in [9.17, 15) is 9.59 Å². The summed E-state index contributed by atoms with van der Waals surface area (Å²) in [7, 11) is 0. The standard InChI is InChI=1S/C23H42O4/c1-4-5-6-7-8-9-12-17-26-22(24)20-15-10-11-16-21(20)23(25)27-18-13-14-19(2)3/h19-21H,4-18H2,1-3H3. The molecule has 0 aromatic heterocycles. The number of hydrogen-bond donors (Lipinski definition) is 0. The first-order valence-corrected chi connectivity index (χ1v) is 11.4. The van der Waals surface area contributed by atoms with Crippen LogP contribution in [0.4, 0.5) is 0 Å². The van der Waals surface area contributed by atoms with Gasteiger partial charge in [0, 0.05) is 0 Å². The van der Waals surface area contributed by atoms with E-state index in [0.29, 0.717) is 19.1 Å². The van der Waals surface area contributed by atoms with Gasteiger partial charge in [0.05, 0.1) is 25.0 Å². The lowest BCUT2D eigenvalue weighted by atomic mass is 9.79. The Morgan fingerprint density at radius 1 is 0.778 bits per heavy atom. The third-order valence-electron chi connectivity index (χ3n) is 5.53. The average Bonchev–Trinajstić information content (AvgIpc) is 2.66. The third-order valence-corrected chi connectivity index (χ3v) is 5.53. The second-order valence-corrected chi connectivity index (χ2v) is 8.49. The van der Waals surface area contributed by atoms with Crippen molar-refractivity contribution in [2.75, 3.05) is 13.2 Å². The number of ether oxygens (including phenoxy) is 2. The van der Waals surface area contributed by atoms with Crippen LogP contribution in [-0.4, -0.2) is 25.2 Å². The largest absolute Gasteiger partial charge is 0.465 e. The number of rotatable bonds is 14. The van der Waals surface area contributed by atoms with Gasteiger partial charge in [-0.25, -0.2) is 0 Å². The minimum atomic E-state index is -0.306. The van der Waals surface area contributed by atoms with E-state index < -0.39 is 0 Å². The van der Waals surface area contributed by atoms with Crippen molar-refractivity contribution in [3.63, 3.8) is 0 Å². The Hall–Kier alpha value is -1.06. The van der Waals surface area contributed by atoms with Gasteiger partial charge >= 0.3 is 11.9 Å². The highest BCUT2D eigenvalue weighted by molar-refractivity contribution is 5.82. The summed E-state index contributed by atoms with van der Waals surface area (Å²) in [4.78, 5) is 24.9. The van der Waals surface area contributed by atoms with Crippen LogP contribution >= 0.6 is 0 Å². The highest BCUT2D eigenvalue weighted by Gasteiger charge is 2.37. The van der Waals surface area contributed by atoms with Gasteiger partial charge in [-0.05, 0) is 38.0 Å². The minimum Gasteiger partial charge on any atom is -0.465 e. The van der Waals surface area contributed by atoms with Gasteiger partial charge in [0.25, 0.3) is 0 Å². The molecule has 1 fully saturated rings. The second-order valence-electron chi connectivity index (χ2n) is 8.49. The average molecular weight is 383 g/mol. The summed E-state index contributed by atoms with van der Waals surface area (Å²) in [5.74, 6) is -0.380. The summed E-state index contributed by atoms with van der Waals surface area (Å²) >= 11 is 0. The Kier molecular flexibility index (Phi) is 13.3. The highest BCUT2D eigenvalue weighted by Crippen LogP contribution is 2.32. The number of carbonyl (C=O) groups is 2. The molecule has 0 amide bonds. The van der Waals surface area contributed by atoms with Gasteiger partial charge in [-0.15, -0.1) is 0 Å². The van der Waals surface area contributed by atoms with Crippen LogP contribution in [0.3, 0.4) is 0 Å². The molecule has 1 rings (SSSR count). The molecule has 4 nitrogen and oxygen atoms in total. The fraction of sp³-hybridized carbons (Fsp3) is 0.913. The van der Waals surface area contributed by atoms with Gasteiger partial charge in [0.15, 0.2) is 0 Å². The Labute approximate surface area is 166 Å². The Balaban J connectivity index is 2.26. The van der Waals surface area contributed by atoms with E-state index in [-0.39, 0.29) is 23.8 Å². The molecule has 0 saturated heterocycles. The first-order valence-electron chi connectivity index (χ1n) is 11.4. The van der Waals surface area contributed by atoms with Crippen molar-refractivity contribution in [2.45, 2.75) is 104 Å². The lowest BCUT2D eigenvalue weighted by molar-refractivity contribution is -0.163. The summed E-state index contributed by atoms with van der Waals surface area (Å²) in [5.41, 5.74) is 0. The van der Waals surface area contributed by atoms with Crippen molar-refractivity contribution in [3.8, 4) is 0 Å².